The number of halogens is 1. The molecule has 6 heteroatoms. The van der Waals surface area contributed by atoms with Gasteiger partial charge < -0.3 is 5.32 Å². The number of rotatable bonds is 4. The number of carbonyl (C=O) groups is 1. The monoisotopic (exact) mass is 360 g/mol. The summed E-state index contributed by atoms with van der Waals surface area (Å²) >= 11 is 0. The normalized spacial score (nSPS) is 10.9. The average Bonchev–Trinajstić information content (AvgIpc) is 3.11. The zero-order valence-electron chi connectivity index (χ0n) is 14.7. The van der Waals surface area contributed by atoms with E-state index in [9.17, 15) is 9.18 Å². The summed E-state index contributed by atoms with van der Waals surface area (Å²) in [6.07, 6.45) is 0.975. The van der Waals surface area contributed by atoms with Gasteiger partial charge in [0.25, 0.3) is 5.91 Å². The molecule has 4 aromatic rings. The summed E-state index contributed by atoms with van der Waals surface area (Å²) in [7, 11) is 0. The molecule has 0 saturated heterocycles. The van der Waals surface area contributed by atoms with Crippen molar-refractivity contribution in [2.45, 2.75) is 13.3 Å². The maximum absolute atomic E-state index is 13.3. The molecule has 0 bridgehead atoms. The van der Waals surface area contributed by atoms with Crippen molar-refractivity contribution in [1.82, 2.24) is 15.0 Å². The summed E-state index contributed by atoms with van der Waals surface area (Å²) in [5.41, 5.74) is 4.33. The third-order valence-corrected chi connectivity index (χ3v) is 4.30. The molecular formula is C21H17FN4O. The number of hydrogen-bond donors (Lipinski definition) is 1. The maximum atomic E-state index is 13.3. The smallest absolute Gasteiger partial charge is 0.255 e. The van der Waals surface area contributed by atoms with Gasteiger partial charge in [-0.2, -0.15) is 4.80 Å². The molecule has 0 spiro atoms. The Hall–Kier alpha value is -3.54. The van der Waals surface area contributed by atoms with Gasteiger partial charge in [-0.05, 0) is 60.5 Å². The summed E-state index contributed by atoms with van der Waals surface area (Å²) in [5.74, 6) is -0.827. The Kier molecular flexibility index (Phi) is 4.38. The Morgan fingerprint density at radius 3 is 2.52 bits per heavy atom. The molecule has 0 aliphatic heterocycles. The Morgan fingerprint density at radius 1 is 1.00 bits per heavy atom. The number of aryl methyl sites for hydroxylation is 1. The van der Waals surface area contributed by atoms with Crippen molar-refractivity contribution < 1.29 is 9.18 Å². The number of carbonyl (C=O) groups excluding carboxylic acids is 1. The van der Waals surface area contributed by atoms with Gasteiger partial charge in [0.2, 0.25) is 0 Å². The predicted octanol–water partition coefficient (Wildman–Crippen LogP) is 4.37. The van der Waals surface area contributed by atoms with E-state index in [4.69, 9.17) is 0 Å². The van der Waals surface area contributed by atoms with Crippen LogP contribution in [-0.4, -0.2) is 20.9 Å². The first-order valence-electron chi connectivity index (χ1n) is 8.66. The van der Waals surface area contributed by atoms with Crippen LogP contribution in [0.5, 0.6) is 0 Å². The van der Waals surface area contributed by atoms with Gasteiger partial charge in [-0.1, -0.05) is 25.1 Å². The zero-order valence-corrected chi connectivity index (χ0v) is 14.7. The quantitative estimate of drug-likeness (QED) is 0.588. The minimum Gasteiger partial charge on any atom is -0.322 e. The van der Waals surface area contributed by atoms with Crippen LogP contribution in [0.25, 0.3) is 16.7 Å². The van der Waals surface area contributed by atoms with E-state index >= 15 is 0 Å². The number of anilines is 1. The molecule has 1 amide bonds. The second-order valence-corrected chi connectivity index (χ2v) is 6.18. The lowest BCUT2D eigenvalue weighted by atomic mass is 10.2. The summed E-state index contributed by atoms with van der Waals surface area (Å²) in [5, 5.41) is 11.7. The fourth-order valence-corrected chi connectivity index (χ4v) is 2.81. The number of benzene rings is 3. The molecule has 1 heterocycles. The highest BCUT2D eigenvalue weighted by molar-refractivity contribution is 6.04. The molecule has 27 heavy (non-hydrogen) atoms. The van der Waals surface area contributed by atoms with Crippen molar-refractivity contribution in [1.29, 1.82) is 0 Å². The van der Waals surface area contributed by atoms with Crippen LogP contribution < -0.4 is 5.32 Å². The number of aromatic nitrogens is 3. The van der Waals surface area contributed by atoms with Crippen LogP contribution in [0.4, 0.5) is 10.1 Å². The topological polar surface area (TPSA) is 59.8 Å². The SMILES string of the molecule is CCc1ccc(-n2nc3ccc(NC(=O)c4cccc(F)c4)cc3n2)cc1. The predicted molar refractivity (Wildman–Crippen MR) is 103 cm³/mol. The van der Waals surface area contributed by atoms with Crippen LogP contribution in [0, 0.1) is 5.82 Å². The molecule has 0 radical (unpaired) electrons. The first-order valence-corrected chi connectivity index (χ1v) is 8.66. The van der Waals surface area contributed by atoms with E-state index < -0.39 is 5.82 Å². The number of nitrogens with zero attached hydrogens (tertiary/aromatic N) is 3. The molecule has 0 aliphatic rings. The molecule has 1 aromatic heterocycles. The average molecular weight is 360 g/mol. The Balaban J connectivity index is 1.59. The van der Waals surface area contributed by atoms with Gasteiger partial charge in [0.15, 0.2) is 0 Å². The van der Waals surface area contributed by atoms with E-state index in [1.165, 1.54) is 23.8 Å². The third kappa shape index (κ3) is 3.55. The van der Waals surface area contributed by atoms with E-state index in [1.807, 2.05) is 24.3 Å². The lowest BCUT2D eigenvalue weighted by molar-refractivity contribution is 0.102. The van der Waals surface area contributed by atoms with Gasteiger partial charge in [-0.3, -0.25) is 4.79 Å². The summed E-state index contributed by atoms with van der Waals surface area (Å²) in [4.78, 5) is 13.8. The molecule has 0 atom stereocenters. The van der Waals surface area contributed by atoms with Crippen molar-refractivity contribution in [3.63, 3.8) is 0 Å². The highest BCUT2D eigenvalue weighted by Gasteiger charge is 2.10. The van der Waals surface area contributed by atoms with Crippen LogP contribution in [0.15, 0.2) is 66.7 Å². The van der Waals surface area contributed by atoms with E-state index in [0.717, 1.165) is 17.6 Å². The molecular weight excluding hydrogens is 343 g/mol. The molecule has 0 aliphatic carbocycles. The fourth-order valence-electron chi connectivity index (χ4n) is 2.81. The molecule has 0 saturated carbocycles. The van der Waals surface area contributed by atoms with Crippen LogP contribution in [0.3, 0.4) is 0 Å². The molecule has 5 nitrogen and oxygen atoms in total. The standard InChI is InChI=1S/C21H17FN4O/c1-2-14-6-9-18(10-7-14)26-24-19-11-8-17(13-20(19)25-26)23-21(27)15-4-3-5-16(22)12-15/h3-13H,2H2,1H3,(H,23,27). The molecule has 134 valence electrons. The van der Waals surface area contributed by atoms with Crippen LogP contribution in [-0.2, 0) is 6.42 Å². The van der Waals surface area contributed by atoms with Crippen LogP contribution >= 0.6 is 0 Å². The highest BCUT2D eigenvalue weighted by atomic mass is 19.1. The zero-order chi connectivity index (χ0) is 18.8. The molecule has 4 rings (SSSR count). The highest BCUT2D eigenvalue weighted by Crippen LogP contribution is 2.19. The minimum absolute atomic E-state index is 0.259. The van der Waals surface area contributed by atoms with Crippen molar-refractivity contribution in [3.8, 4) is 5.69 Å². The first kappa shape index (κ1) is 16.9. The lowest BCUT2D eigenvalue weighted by Crippen LogP contribution is -2.11. The summed E-state index contributed by atoms with van der Waals surface area (Å²) < 4.78 is 13.3. The molecule has 0 fully saturated rings. The second kappa shape index (κ2) is 6.99. The van der Waals surface area contributed by atoms with Gasteiger partial charge >= 0.3 is 0 Å². The third-order valence-electron chi connectivity index (χ3n) is 4.30. The van der Waals surface area contributed by atoms with E-state index in [1.54, 1.807) is 29.1 Å². The Bertz CT molecular complexity index is 1120. The minimum atomic E-state index is -0.449. The van der Waals surface area contributed by atoms with Gasteiger partial charge in [-0.15, -0.1) is 10.2 Å². The number of fused-ring (bicyclic) bond motifs is 1. The lowest BCUT2D eigenvalue weighted by Gasteiger charge is -2.04. The molecule has 1 N–H and O–H groups in total. The number of hydrogen-bond acceptors (Lipinski definition) is 3. The van der Waals surface area contributed by atoms with Gasteiger partial charge in [0, 0.05) is 11.3 Å². The van der Waals surface area contributed by atoms with Crippen molar-refractivity contribution in [2.75, 3.05) is 5.32 Å². The maximum Gasteiger partial charge on any atom is 0.255 e. The second-order valence-electron chi connectivity index (χ2n) is 6.18. The van der Waals surface area contributed by atoms with Gasteiger partial charge in [0.05, 0.1) is 5.69 Å². The van der Waals surface area contributed by atoms with Crippen molar-refractivity contribution in [3.05, 3.63) is 83.7 Å². The van der Waals surface area contributed by atoms with Crippen molar-refractivity contribution in [2.24, 2.45) is 0 Å². The number of amides is 1. The van der Waals surface area contributed by atoms with Crippen LogP contribution in [0.1, 0.15) is 22.8 Å². The molecule has 3 aromatic carbocycles. The Morgan fingerprint density at radius 2 is 1.78 bits per heavy atom. The fraction of sp³-hybridized carbons (Fsp3) is 0.0952. The largest absolute Gasteiger partial charge is 0.322 e. The van der Waals surface area contributed by atoms with Gasteiger partial charge in [0.1, 0.15) is 16.9 Å². The molecule has 0 unspecified atom stereocenters. The summed E-state index contributed by atoms with van der Waals surface area (Å²) in [6.45, 7) is 2.11. The first-order chi connectivity index (χ1) is 13.1. The number of nitrogens with one attached hydrogen (secondary N) is 1. The van der Waals surface area contributed by atoms with E-state index in [-0.39, 0.29) is 11.5 Å². The Labute approximate surface area is 155 Å². The van der Waals surface area contributed by atoms with Gasteiger partial charge in [-0.25, -0.2) is 4.39 Å². The van der Waals surface area contributed by atoms with E-state index in [2.05, 4.69) is 22.4 Å². The van der Waals surface area contributed by atoms with E-state index in [0.29, 0.717) is 11.2 Å². The van der Waals surface area contributed by atoms with Crippen molar-refractivity contribution >= 4 is 22.6 Å². The van der Waals surface area contributed by atoms with Crippen LogP contribution in [0.2, 0.25) is 0 Å². The summed E-state index contributed by atoms with van der Waals surface area (Å²) in [6, 6.07) is 18.9.